The van der Waals surface area contributed by atoms with Gasteiger partial charge in [0.05, 0.1) is 18.0 Å². The van der Waals surface area contributed by atoms with Crippen LogP contribution < -0.4 is 0 Å². The Kier molecular flexibility index (Phi) is 2.09. The first-order valence-corrected chi connectivity index (χ1v) is 6.86. The maximum Gasteiger partial charge on any atom is 0.196 e. The second kappa shape index (κ2) is 3.66. The molecule has 0 spiro atoms. The summed E-state index contributed by atoms with van der Waals surface area (Å²) in [4.78, 5) is 5.42. The van der Waals surface area contributed by atoms with Gasteiger partial charge in [-0.05, 0) is 18.9 Å². The minimum absolute atomic E-state index is 0.0359. The Morgan fingerprint density at radius 2 is 2.28 bits per heavy atom. The highest BCUT2D eigenvalue weighted by Crippen LogP contribution is 2.39. The van der Waals surface area contributed by atoms with Crippen LogP contribution in [0.15, 0.2) is 23.8 Å². The van der Waals surface area contributed by atoms with Gasteiger partial charge in [0.2, 0.25) is 0 Å². The summed E-state index contributed by atoms with van der Waals surface area (Å²) in [7, 11) is 0. The third-order valence-electron chi connectivity index (χ3n) is 3.31. The van der Waals surface area contributed by atoms with Crippen molar-refractivity contribution >= 4 is 16.3 Å². The normalized spacial score (nSPS) is 15.6. The van der Waals surface area contributed by atoms with Gasteiger partial charge < -0.3 is 5.11 Å². The number of aromatic nitrogens is 4. The second-order valence-electron chi connectivity index (χ2n) is 4.56. The standard InChI is InChI=1S/C12H12N4OS/c17-7-10-11(13-12-15(10)5-6-18-12)16-4-3-9(14-16)8-1-2-8/h3-6,8,17H,1-2,7H2. The highest BCUT2D eigenvalue weighted by molar-refractivity contribution is 7.15. The lowest BCUT2D eigenvalue weighted by Gasteiger charge is -2.00. The Morgan fingerprint density at radius 1 is 1.39 bits per heavy atom. The van der Waals surface area contributed by atoms with Crippen LogP contribution in [0, 0.1) is 0 Å². The molecule has 3 aromatic heterocycles. The van der Waals surface area contributed by atoms with E-state index in [2.05, 4.69) is 10.1 Å². The molecule has 3 heterocycles. The van der Waals surface area contributed by atoms with Gasteiger partial charge in [-0.2, -0.15) is 10.1 Å². The number of hydrogen-bond donors (Lipinski definition) is 1. The van der Waals surface area contributed by atoms with Crippen LogP contribution in [0.1, 0.15) is 30.1 Å². The van der Waals surface area contributed by atoms with Gasteiger partial charge in [0, 0.05) is 23.7 Å². The third kappa shape index (κ3) is 1.42. The number of thiazole rings is 1. The molecule has 1 saturated carbocycles. The SMILES string of the molecule is OCc1c(-n2ccc(C3CC3)n2)nc2sccn12. The molecule has 4 rings (SSSR count). The quantitative estimate of drug-likeness (QED) is 0.783. The molecule has 0 amide bonds. The van der Waals surface area contributed by atoms with Gasteiger partial charge in [0.15, 0.2) is 10.8 Å². The van der Waals surface area contributed by atoms with E-state index < -0.39 is 0 Å². The van der Waals surface area contributed by atoms with E-state index in [9.17, 15) is 5.11 Å². The Labute approximate surface area is 107 Å². The van der Waals surface area contributed by atoms with Crippen molar-refractivity contribution in [2.75, 3.05) is 0 Å². The van der Waals surface area contributed by atoms with Crippen molar-refractivity contribution in [3.8, 4) is 5.82 Å². The third-order valence-corrected chi connectivity index (χ3v) is 4.07. The van der Waals surface area contributed by atoms with Crippen LogP contribution in [0.2, 0.25) is 0 Å². The number of imidazole rings is 1. The predicted octanol–water partition coefficient (Wildman–Crippen LogP) is 1.95. The lowest BCUT2D eigenvalue weighted by Crippen LogP contribution is -2.02. The van der Waals surface area contributed by atoms with Crippen molar-refractivity contribution in [3.05, 3.63) is 35.2 Å². The van der Waals surface area contributed by atoms with Gasteiger partial charge in [-0.25, -0.2) is 4.68 Å². The molecule has 0 saturated heterocycles. The summed E-state index contributed by atoms with van der Waals surface area (Å²) >= 11 is 1.56. The molecule has 0 radical (unpaired) electrons. The summed E-state index contributed by atoms with van der Waals surface area (Å²) in [5, 5.41) is 16.0. The number of nitrogens with zero attached hydrogens (tertiary/aromatic N) is 4. The van der Waals surface area contributed by atoms with E-state index in [1.165, 1.54) is 12.8 Å². The smallest absolute Gasteiger partial charge is 0.196 e. The van der Waals surface area contributed by atoms with Crippen LogP contribution in [-0.4, -0.2) is 24.3 Å². The first-order chi connectivity index (χ1) is 8.86. The van der Waals surface area contributed by atoms with Crippen molar-refractivity contribution in [1.82, 2.24) is 19.2 Å². The molecule has 0 aliphatic heterocycles. The first kappa shape index (κ1) is 10.3. The van der Waals surface area contributed by atoms with Crippen LogP contribution in [0.25, 0.3) is 10.8 Å². The molecule has 1 fully saturated rings. The Bertz CT molecular complexity index is 707. The van der Waals surface area contributed by atoms with Crippen molar-refractivity contribution < 1.29 is 5.11 Å². The summed E-state index contributed by atoms with van der Waals surface area (Å²) < 4.78 is 3.69. The zero-order valence-corrected chi connectivity index (χ0v) is 10.5. The predicted molar refractivity (Wildman–Crippen MR) is 68.1 cm³/mol. The molecule has 92 valence electrons. The Morgan fingerprint density at radius 3 is 3.06 bits per heavy atom. The van der Waals surface area contributed by atoms with E-state index in [0.717, 1.165) is 22.2 Å². The van der Waals surface area contributed by atoms with Gasteiger partial charge in [-0.1, -0.05) is 0 Å². The molecule has 0 unspecified atom stereocenters. The largest absolute Gasteiger partial charge is 0.390 e. The van der Waals surface area contributed by atoms with Crippen molar-refractivity contribution in [2.24, 2.45) is 0 Å². The number of fused-ring (bicyclic) bond motifs is 1. The van der Waals surface area contributed by atoms with Crippen molar-refractivity contribution in [3.63, 3.8) is 0 Å². The number of aliphatic hydroxyl groups is 1. The van der Waals surface area contributed by atoms with Crippen molar-refractivity contribution in [1.29, 1.82) is 0 Å². The molecule has 0 atom stereocenters. The fourth-order valence-corrected chi connectivity index (χ4v) is 2.93. The fraction of sp³-hybridized carbons (Fsp3) is 0.333. The molecule has 6 heteroatoms. The average molecular weight is 260 g/mol. The lowest BCUT2D eigenvalue weighted by atomic mass is 10.3. The van der Waals surface area contributed by atoms with Crippen LogP contribution in [0.4, 0.5) is 0 Å². The van der Waals surface area contributed by atoms with E-state index in [4.69, 9.17) is 0 Å². The van der Waals surface area contributed by atoms with E-state index >= 15 is 0 Å². The lowest BCUT2D eigenvalue weighted by molar-refractivity contribution is 0.275. The highest BCUT2D eigenvalue weighted by atomic mass is 32.1. The summed E-state index contributed by atoms with van der Waals surface area (Å²) in [5.74, 6) is 1.36. The monoisotopic (exact) mass is 260 g/mol. The molecule has 3 aromatic rings. The highest BCUT2D eigenvalue weighted by Gasteiger charge is 2.26. The van der Waals surface area contributed by atoms with Gasteiger partial charge in [-0.15, -0.1) is 11.3 Å². The number of aliphatic hydroxyl groups excluding tert-OH is 1. The molecular weight excluding hydrogens is 248 g/mol. The maximum absolute atomic E-state index is 9.52. The van der Waals surface area contributed by atoms with Gasteiger partial charge in [0.25, 0.3) is 0 Å². The molecule has 1 aliphatic rings. The van der Waals surface area contributed by atoms with Crippen LogP contribution in [-0.2, 0) is 6.61 Å². The molecular formula is C12H12N4OS. The maximum atomic E-state index is 9.52. The molecule has 0 aromatic carbocycles. The average Bonchev–Trinajstić information content (AvgIpc) is 2.83. The summed E-state index contributed by atoms with van der Waals surface area (Å²) in [6.45, 7) is -0.0359. The van der Waals surface area contributed by atoms with Crippen molar-refractivity contribution in [2.45, 2.75) is 25.4 Å². The second-order valence-corrected chi connectivity index (χ2v) is 5.43. The molecule has 1 aliphatic carbocycles. The minimum atomic E-state index is -0.0359. The summed E-state index contributed by atoms with van der Waals surface area (Å²) in [5.41, 5.74) is 1.92. The topological polar surface area (TPSA) is 55.3 Å². The van der Waals surface area contributed by atoms with Gasteiger partial charge in [0.1, 0.15) is 0 Å². The van der Waals surface area contributed by atoms with E-state index in [-0.39, 0.29) is 6.61 Å². The summed E-state index contributed by atoms with van der Waals surface area (Å²) in [6.07, 6.45) is 6.33. The van der Waals surface area contributed by atoms with E-state index in [1.807, 2.05) is 28.2 Å². The molecule has 0 bridgehead atoms. The van der Waals surface area contributed by atoms with Crippen LogP contribution in [0.5, 0.6) is 0 Å². The molecule has 18 heavy (non-hydrogen) atoms. The van der Waals surface area contributed by atoms with Gasteiger partial charge >= 0.3 is 0 Å². The zero-order valence-electron chi connectivity index (χ0n) is 9.65. The number of rotatable bonds is 3. The van der Waals surface area contributed by atoms with Crippen LogP contribution in [0.3, 0.4) is 0 Å². The molecule has 5 nitrogen and oxygen atoms in total. The summed E-state index contributed by atoms with van der Waals surface area (Å²) in [6, 6.07) is 2.05. The Balaban J connectivity index is 1.86. The number of hydrogen-bond acceptors (Lipinski definition) is 4. The molecule has 1 N–H and O–H groups in total. The minimum Gasteiger partial charge on any atom is -0.390 e. The Hall–Kier alpha value is -1.66. The fourth-order valence-electron chi connectivity index (χ4n) is 2.20. The van der Waals surface area contributed by atoms with Gasteiger partial charge in [-0.3, -0.25) is 4.40 Å². The van der Waals surface area contributed by atoms with E-state index in [0.29, 0.717) is 5.92 Å². The zero-order chi connectivity index (χ0) is 12.1. The van der Waals surface area contributed by atoms with E-state index in [1.54, 1.807) is 16.0 Å². The van der Waals surface area contributed by atoms with Crippen LogP contribution >= 0.6 is 11.3 Å². The first-order valence-electron chi connectivity index (χ1n) is 5.98.